The minimum Gasteiger partial charge on any atom is -0.491 e. The first-order chi connectivity index (χ1) is 17.5. The highest BCUT2D eigenvalue weighted by Gasteiger charge is 2.32. The first-order valence-corrected chi connectivity index (χ1v) is 12.6. The van der Waals surface area contributed by atoms with E-state index in [-0.39, 0.29) is 11.7 Å². The maximum atomic E-state index is 12.5. The van der Waals surface area contributed by atoms with Crippen LogP contribution in [0.3, 0.4) is 0 Å². The number of tetrazole rings is 1. The number of anilines is 1. The second-order valence-electron chi connectivity index (χ2n) is 9.88. The third kappa shape index (κ3) is 4.56. The molecule has 36 heavy (non-hydrogen) atoms. The Morgan fingerprint density at radius 3 is 2.64 bits per heavy atom. The van der Waals surface area contributed by atoms with Crippen LogP contribution in [0.15, 0.2) is 41.2 Å². The second-order valence-corrected chi connectivity index (χ2v) is 9.88. The number of hydrogen-bond acceptors (Lipinski definition) is 8. The maximum absolute atomic E-state index is 12.5. The lowest BCUT2D eigenvalue weighted by molar-refractivity contribution is 0.240. The van der Waals surface area contributed by atoms with Gasteiger partial charge in [-0.15, -0.1) is 10.2 Å². The van der Waals surface area contributed by atoms with Crippen molar-refractivity contribution in [2.45, 2.75) is 45.3 Å². The quantitative estimate of drug-likeness (QED) is 0.409. The van der Waals surface area contributed by atoms with Gasteiger partial charge in [0, 0.05) is 32.2 Å². The number of fused-ring (bicyclic) bond motifs is 1. The molecule has 2 aromatic heterocycles. The molecular formula is C26H30N8O2. The molecule has 0 spiro atoms. The predicted octanol–water partition coefficient (Wildman–Crippen LogP) is 3.09. The number of benzene rings is 2. The van der Waals surface area contributed by atoms with Gasteiger partial charge in [-0.05, 0) is 61.6 Å². The summed E-state index contributed by atoms with van der Waals surface area (Å²) in [5.74, 6) is 2.71. The highest BCUT2D eigenvalue weighted by atomic mass is 16.5. The first-order valence-electron chi connectivity index (χ1n) is 12.6. The number of hydrogen-bond donors (Lipinski definition) is 2. The van der Waals surface area contributed by atoms with E-state index >= 15 is 0 Å². The fourth-order valence-corrected chi connectivity index (χ4v) is 5.01. The van der Waals surface area contributed by atoms with Crippen LogP contribution < -0.4 is 15.2 Å². The molecule has 1 saturated carbocycles. The van der Waals surface area contributed by atoms with E-state index in [1.165, 1.54) is 18.4 Å². The molecule has 10 heteroatoms. The van der Waals surface area contributed by atoms with Gasteiger partial charge in [-0.25, -0.2) is 4.98 Å². The predicted molar refractivity (Wildman–Crippen MR) is 137 cm³/mol. The molecular weight excluding hydrogens is 456 g/mol. The third-order valence-electron chi connectivity index (χ3n) is 6.83. The van der Waals surface area contributed by atoms with Crippen LogP contribution in [-0.4, -0.2) is 67.8 Å². The van der Waals surface area contributed by atoms with E-state index in [1.807, 2.05) is 32.0 Å². The Kier molecular flexibility index (Phi) is 5.88. The molecule has 2 aliphatic rings. The summed E-state index contributed by atoms with van der Waals surface area (Å²) in [6, 6.07) is 11.7. The Morgan fingerprint density at radius 2 is 1.92 bits per heavy atom. The van der Waals surface area contributed by atoms with E-state index in [0.29, 0.717) is 29.5 Å². The standard InChI is InChI=1S/C26H30N8O2/c1-16(2)36-18-13-20(17-7-8-17)24(25-29-31-32-30-25)22(14-18)34-11-9-33(10-12-34)15-23-27-21-6-4-3-5-19(21)26(35)28-23/h3-6,13-14,16-17H,7-12,15H2,1-2H3,(H,27,28,35)(H,29,30,31,32). The molecule has 0 amide bonds. The molecule has 2 fully saturated rings. The smallest absolute Gasteiger partial charge is 0.258 e. The highest BCUT2D eigenvalue weighted by Crippen LogP contribution is 2.48. The zero-order valence-corrected chi connectivity index (χ0v) is 20.6. The number of ether oxygens (including phenoxy) is 1. The van der Waals surface area contributed by atoms with Gasteiger partial charge >= 0.3 is 0 Å². The molecule has 10 nitrogen and oxygen atoms in total. The van der Waals surface area contributed by atoms with Crippen LogP contribution in [-0.2, 0) is 6.54 Å². The average molecular weight is 487 g/mol. The van der Waals surface area contributed by atoms with Crippen LogP contribution in [0.5, 0.6) is 5.75 Å². The highest BCUT2D eigenvalue weighted by molar-refractivity contribution is 5.80. The van der Waals surface area contributed by atoms with Gasteiger partial charge in [0.2, 0.25) is 5.82 Å². The van der Waals surface area contributed by atoms with Crippen molar-refractivity contribution < 1.29 is 4.74 Å². The fraction of sp³-hybridized carbons (Fsp3) is 0.423. The van der Waals surface area contributed by atoms with Crippen LogP contribution in [0.4, 0.5) is 5.69 Å². The Labute approximate surface area is 208 Å². The number of H-pyrrole nitrogens is 2. The Morgan fingerprint density at radius 1 is 1.11 bits per heavy atom. The molecule has 0 atom stereocenters. The van der Waals surface area contributed by atoms with Gasteiger partial charge in [0.25, 0.3) is 5.56 Å². The lowest BCUT2D eigenvalue weighted by Crippen LogP contribution is -2.46. The van der Waals surface area contributed by atoms with Crippen molar-refractivity contribution in [3.05, 3.63) is 58.1 Å². The van der Waals surface area contributed by atoms with Crippen molar-refractivity contribution >= 4 is 16.6 Å². The Bertz CT molecular complexity index is 1420. The van der Waals surface area contributed by atoms with Crippen molar-refractivity contribution in [2.24, 2.45) is 0 Å². The molecule has 0 bridgehead atoms. The molecule has 1 saturated heterocycles. The number of aromatic nitrogens is 6. The van der Waals surface area contributed by atoms with Crippen LogP contribution >= 0.6 is 0 Å². The summed E-state index contributed by atoms with van der Waals surface area (Å²) in [6.07, 6.45) is 2.43. The number of aromatic amines is 2. The summed E-state index contributed by atoms with van der Waals surface area (Å²) in [5, 5.41) is 15.8. The van der Waals surface area contributed by atoms with Crippen molar-refractivity contribution in [3.8, 4) is 17.1 Å². The topological polar surface area (TPSA) is 116 Å². The van der Waals surface area contributed by atoms with Crippen molar-refractivity contribution in [1.29, 1.82) is 0 Å². The molecule has 1 aliphatic heterocycles. The molecule has 1 aliphatic carbocycles. The number of para-hydroxylation sites is 1. The van der Waals surface area contributed by atoms with E-state index < -0.39 is 0 Å². The minimum absolute atomic E-state index is 0.0893. The van der Waals surface area contributed by atoms with Gasteiger partial charge < -0.3 is 14.6 Å². The number of nitrogens with zero attached hydrogens (tertiary/aromatic N) is 6. The SMILES string of the molecule is CC(C)Oc1cc(C2CC2)c(-c2nn[nH]n2)c(N2CCN(Cc3nc4ccccc4c(=O)[nH]3)CC2)c1. The normalized spacial score (nSPS) is 16.7. The monoisotopic (exact) mass is 486 g/mol. The summed E-state index contributed by atoms with van der Waals surface area (Å²) >= 11 is 0. The van der Waals surface area contributed by atoms with E-state index in [4.69, 9.17) is 4.74 Å². The fourth-order valence-electron chi connectivity index (χ4n) is 5.01. The van der Waals surface area contributed by atoms with Crippen LogP contribution in [0, 0.1) is 0 Å². The van der Waals surface area contributed by atoms with Gasteiger partial charge in [0.15, 0.2) is 0 Å². The maximum Gasteiger partial charge on any atom is 0.258 e. The van der Waals surface area contributed by atoms with Gasteiger partial charge in [0.05, 0.1) is 34.8 Å². The van der Waals surface area contributed by atoms with Gasteiger partial charge in [-0.1, -0.05) is 12.1 Å². The molecule has 0 unspecified atom stereocenters. The molecule has 4 aromatic rings. The molecule has 2 N–H and O–H groups in total. The number of piperazine rings is 1. The van der Waals surface area contributed by atoms with Gasteiger partial charge in [-0.2, -0.15) is 5.21 Å². The van der Waals surface area contributed by atoms with E-state index in [9.17, 15) is 4.79 Å². The lowest BCUT2D eigenvalue weighted by Gasteiger charge is -2.37. The molecule has 3 heterocycles. The van der Waals surface area contributed by atoms with Gasteiger partial charge in [0.1, 0.15) is 11.6 Å². The van der Waals surface area contributed by atoms with Crippen molar-refractivity contribution in [1.82, 2.24) is 35.5 Å². The molecule has 2 aromatic carbocycles. The first kappa shape index (κ1) is 22.7. The average Bonchev–Trinajstić information content (AvgIpc) is 3.58. The van der Waals surface area contributed by atoms with E-state index in [1.54, 1.807) is 6.07 Å². The van der Waals surface area contributed by atoms with Crippen molar-refractivity contribution in [3.63, 3.8) is 0 Å². The summed E-state index contributed by atoms with van der Waals surface area (Å²) in [4.78, 5) is 24.8. The van der Waals surface area contributed by atoms with Crippen LogP contribution in [0.1, 0.15) is 44.0 Å². The van der Waals surface area contributed by atoms with Crippen molar-refractivity contribution in [2.75, 3.05) is 31.1 Å². The lowest BCUT2D eigenvalue weighted by atomic mass is 9.98. The molecule has 186 valence electrons. The van der Waals surface area contributed by atoms with E-state index in [2.05, 4.69) is 52.5 Å². The van der Waals surface area contributed by atoms with Gasteiger partial charge in [-0.3, -0.25) is 9.69 Å². The minimum atomic E-state index is -0.0893. The number of rotatable bonds is 7. The summed E-state index contributed by atoms with van der Waals surface area (Å²) < 4.78 is 6.14. The second kappa shape index (κ2) is 9.34. The molecule has 0 radical (unpaired) electrons. The summed E-state index contributed by atoms with van der Waals surface area (Å²) in [5.41, 5.74) is 4.03. The Balaban J connectivity index is 1.26. The Hall–Kier alpha value is -3.79. The van der Waals surface area contributed by atoms with Crippen LogP contribution in [0.2, 0.25) is 0 Å². The van der Waals surface area contributed by atoms with E-state index in [0.717, 1.165) is 48.7 Å². The van der Waals surface area contributed by atoms with Crippen LogP contribution in [0.25, 0.3) is 22.3 Å². The summed E-state index contributed by atoms with van der Waals surface area (Å²) in [6.45, 7) is 8.05. The number of nitrogens with one attached hydrogen (secondary N) is 2. The third-order valence-corrected chi connectivity index (χ3v) is 6.83. The zero-order valence-electron chi connectivity index (χ0n) is 20.6. The zero-order chi connectivity index (χ0) is 24.6. The summed E-state index contributed by atoms with van der Waals surface area (Å²) in [7, 11) is 0. The molecule has 6 rings (SSSR count). The largest absolute Gasteiger partial charge is 0.491 e.